The molecule has 1 atom stereocenters. The summed E-state index contributed by atoms with van der Waals surface area (Å²) in [6.07, 6.45) is 3.66. The molecule has 1 unspecified atom stereocenters. The summed E-state index contributed by atoms with van der Waals surface area (Å²) < 4.78 is 7.53. The van der Waals surface area contributed by atoms with Gasteiger partial charge in [0, 0.05) is 36.6 Å². The Hall–Kier alpha value is -3.54. The molecule has 0 radical (unpaired) electrons. The molecule has 36 heavy (non-hydrogen) atoms. The zero-order valence-corrected chi connectivity index (χ0v) is 22.2. The van der Waals surface area contributed by atoms with Crippen molar-refractivity contribution in [1.29, 1.82) is 0 Å². The first-order valence-corrected chi connectivity index (χ1v) is 12.8. The molecule has 3 rings (SSSR count). The van der Waals surface area contributed by atoms with Gasteiger partial charge >= 0.3 is 0 Å². The van der Waals surface area contributed by atoms with E-state index in [1.54, 1.807) is 12.0 Å². The highest BCUT2D eigenvalue weighted by atomic mass is 16.5. The lowest BCUT2D eigenvalue weighted by atomic mass is 10.1. The standard InChI is InChI=1S/C30H39N3O3/c1-6-17-32(30(35)26-15-13-23(3)14-16-26)22-29(34)33(24(4)7-2)21-27-11-9-18-31(27)20-25-10-8-12-28(19-25)36-5/h8-16,18-19,24H,6-7,17,20-22H2,1-5H3. The molecule has 2 amide bonds. The lowest BCUT2D eigenvalue weighted by Gasteiger charge is -2.32. The van der Waals surface area contributed by atoms with Crippen LogP contribution in [0.3, 0.4) is 0 Å². The third-order valence-corrected chi connectivity index (χ3v) is 6.59. The van der Waals surface area contributed by atoms with E-state index >= 15 is 0 Å². The Morgan fingerprint density at radius 1 is 1.03 bits per heavy atom. The first-order chi connectivity index (χ1) is 17.4. The lowest BCUT2D eigenvalue weighted by Crippen LogP contribution is -2.46. The van der Waals surface area contributed by atoms with Crippen LogP contribution in [0.2, 0.25) is 0 Å². The highest BCUT2D eigenvalue weighted by molar-refractivity contribution is 5.96. The molecule has 6 heteroatoms. The van der Waals surface area contributed by atoms with Crippen molar-refractivity contribution in [3.05, 3.63) is 89.2 Å². The molecule has 0 aliphatic carbocycles. The molecule has 2 aromatic carbocycles. The quantitative estimate of drug-likeness (QED) is 0.336. The predicted octanol–water partition coefficient (Wildman–Crippen LogP) is 5.53. The van der Waals surface area contributed by atoms with E-state index in [-0.39, 0.29) is 24.4 Å². The van der Waals surface area contributed by atoms with Gasteiger partial charge < -0.3 is 19.1 Å². The molecular formula is C30H39N3O3. The van der Waals surface area contributed by atoms with Crippen LogP contribution < -0.4 is 4.74 Å². The number of carbonyl (C=O) groups excluding carboxylic acids is 2. The van der Waals surface area contributed by atoms with E-state index in [9.17, 15) is 9.59 Å². The first-order valence-electron chi connectivity index (χ1n) is 12.8. The third kappa shape index (κ3) is 7.00. The van der Waals surface area contributed by atoms with Crippen LogP contribution in [-0.4, -0.2) is 52.4 Å². The molecule has 0 aliphatic heterocycles. The average molecular weight is 490 g/mol. The van der Waals surface area contributed by atoms with Gasteiger partial charge in [-0.25, -0.2) is 0 Å². The largest absolute Gasteiger partial charge is 0.497 e. The van der Waals surface area contributed by atoms with E-state index in [0.717, 1.165) is 35.4 Å². The van der Waals surface area contributed by atoms with Gasteiger partial charge in [-0.1, -0.05) is 43.7 Å². The first kappa shape index (κ1) is 27.1. The van der Waals surface area contributed by atoms with E-state index in [1.165, 1.54) is 0 Å². The Labute approximate surface area is 215 Å². The number of amides is 2. The average Bonchev–Trinajstić information content (AvgIpc) is 3.32. The summed E-state index contributed by atoms with van der Waals surface area (Å²) >= 11 is 0. The highest BCUT2D eigenvalue weighted by Gasteiger charge is 2.25. The number of hydrogen-bond acceptors (Lipinski definition) is 3. The van der Waals surface area contributed by atoms with Crippen LogP contribution in [-0.2, 0) is 17.9 Å². The second-order valence-electron chi connectivity index (χ2n) is 9.35. The van der Waals surface area contributed by atoms with Crippen molar-refractivity contribution in [3.63, 3.8) is 0 Å². The van der Waals surface area contributed by atoms with Crippen molar-refractivity contribution in [2.75, 3.05) is 20.2 Å². The Balaban J connectivity index is 1.77. The maximum absolute atomic E-state index is 13.6. The second kappa shape index (κ2) is 13.0. The van der Waals surface area contributed by atoms with Crippen LogP contribution in [0.15, 0.2) is 66.9 Å². The maximum Gasteiger partial charge on any atom is 0.254 e. The van der Waals surface area contributed by atoms with E-state index in [2.05, 4.69) is 30.5 Å². The highest BCUT2D eigenvalue weighted by Crippen LogP contribution is 2.18. The zero-order chi connectivity index (χ0) is 26.1. The summed E-state index contributed by atoms with van der Waals surface area (Å²) in [5, 5.41) is 0. The van der Waals surface area contributed by atoms with Crippen molar-refractivity contribution in [2.24, 2.45) is 0 Å². The molecule has 0 aliphatic rings. The van der Waals surface area contributed by atoms with Gasteiger partial charge in [0.15, 0.2) is 0 Å². The number of aromatic nitrogens is 1. The molecule has 0 saturated heterocycles. The molecule has 192 valence electrons. The summed E-state index contributed by atoms with van der Waals surface area (Å²) in [5.74, 6) is 0.690. The fourth-order valence-electron chi connectivity index (χ4n) is 4.25. The number of aryl methyl sites for hydroxylation is 1. The van der Waals surface area contributed by atoms with Crippen molar-refractivity contribution in [2.45, 2.75) is 59.7 Å². The van der Waals surface area contributed by atoms with Gasteiger partial charge in [-0.15, -0.1) is 0 Å². The van der Waals surface area contributed by atoms with Crippen molar-refractivity contribution in [3.8, 4) is 5.75 Å². The topological polar surface area (TPSA) is 54.8 Å². The van der Waals surface area contributed by atoms with Gasteiger partial charge in [0.2, 0.25) is 5.91 Å². The molecule has 6 nitrogen and oxygen atoms in total. The van der Waals surface area contributed by atoms with Gasteiger partial charge in [-0.2, -0.15) is 0 Å². The van der Waals surface area contributed by atoms with E-state index in [0.29, 0.717) is 25.2 Å². The van der Waals surface area contributed by atoms with Gasteiger partial charge in [0.1, 0.15) is 12.3 Å². The third-order valence-electron chi connectivity index (χ3n) is 6.59. The van der Waals surface area contributed by atoms with Crippen LogP contribution in [0.5, 0.6) is 5.75 Å². The number of hydrogen-bond donors (Lipinski definition) is 0. The van der Waals surface area contributed by atoms with Crippen LogP contribution in [0.25, 0.3) is 0 Å². The summed E-state index contributed by atoms with van der Waals surface area (Å²) in [7, 11) is 1.67. The zero-order valence-electron chi connectivity index (χ0n) is 22.2. The Bertz CT molecular complexity index is 1140. The number of nitrogens with zero attached hydrogens (tertiary/aromatic N) is 3. The summed E-state index contributed by atoms with van der Waals surface area (Å²) in [6.45, 7) is 9.97. The van der Waals surface area contributed by atoms with Crippen molar-refractivity contribution >= 4 is 11.8 Å². The molecule has 1 heterocycles. The van der Waals surface area contributed by atoms with Gasteiger partial charge in [0.25, 0.3) is 5.91 Å². The van der Waals surface area contributed by atoms with Crippen LogP contribution in [0.1, 0.15) is 60.8 Å². The number of rotatable bonds is 12. The number of benzene rings is 2. The maximum atomic E-state index is 13.6. The van der Waals surface area contributed by atoms with Crippen LogP contribution in [0.4, 0.5) is 0 Å². The molecule has 0 fully saturated rings. The summed E-state index contributed by atoms with van der Waals surface area (Å²) in [4.78, 5) is 30.4. The molecule has 0 bridgehead atoms. The number of methoxy groups -OCH3 is 1. The van der Waals surface area contributed by atoms with E-state index < -0.39 is 0 Å². The lowest BCUT2D eigenvalue weighted by molar-refractivity contribution is -0.134. The number of carbonyl (C=O) groups is 2. The Morgan fingerprint density at radius 2 is 1.78 bits per heavy atom. The second-order valence-corrected chi connectivity index (χ2v) is 9.35. The molecule has 0 saturated carbocycles. The molecule has 0 spiro atoms. The fraction of sp³-hybridized carbons (Fsp3) is 0.400. The Kier molecular flexibility index (Phi) is 9.74. The smallest absolute Gasteiger partial charge is 0.254 e. The van der Waals surface area contributed by atoms with Crippen molar-refractivity contribution in [1.82, 2.24) is 14.4 Å². The normalized spacial score (nSPS) is 11.7. The molecule has 0 N–H and O–H groups in total. The fourth-order valence-corrected chi connectivity index (χ4v) is 4.25. The van der Waals surface area contributed by atoms with Crippen LogP contribution in [0, 0.1) is 6.92 Å². The molecule has 1 aromatic heterocycles. The minimum atomic E-state index is -0.101. The summed E-state index contributed by atoms with van der Waals surface area (Å²) in [5.41, 5.74) is 3.90. The van der Waals surface area contributed by atoms with E-state index in [1.807, 2.05) is 73.5 Å². The van der Waals surface area contributed by atoms with Crippen molar-refractivity contribution < 1.29 is 14.3 Å². The Morgan fingerprint density at radius 3 is 2.44 bits per heavy atom. The SMILES string of the molecule is CCCN(CC(=O)N(Cc1cccn1Cc1cccc(OC)c1)C(C)CC)C(=O)c1ccc(C)cc1. The van der Waals surface area contributed by atoms with Gasteiger partial charge in [-0.05, 0) is 68.7 Å². The van der Waals surface area contributed by atoms with Gasteiger partial charge in [-0.3, -0.25) is 9.59 Å². The minimum absolute atomic E-state index is 0.0348. The predicted molar refractivity (Wildman–Crippen MR) is 144 cm³/mol. The minimum Gasteiger partial charge on any atom is -0.497 e. The monoisotopic (exact) mass is 489 g/mol. The van der Waals surface area contributed by atoms with Crippen LogP contribution >= 0.6 is 0 Å². The molecular weight excluding hydrogens is 450 g/mol. The van der Waals surface area contributed by atoms with E-state index in [4.69, 9.17) is 4.74 Å². The number of ether oxygens (including phenoxy) is 1. The molecule has 3 aromatic rings. The van der Waals surface area contributed by atoms with Gasteiger partial charge in [0.05, 0.1) is 13.7 Å². The summed E-state index contributed by atoms with van der Waals surface area (Å²) in [6, 6.07) is 19.7.